The van der Waals surface area contributed by atoms with Gasteiger partial charge in [-0.25, -0.2) is 0 Å². The molecule has 2 fully saturated rings. The first kappa shape index (κ1) is 11.2. The van der Waals surface area contributed by atoms with Crippen molar-refractivity contribution < 1.29 is 0 Å². The Kier molecular flexibility index (Phi) is 3.20. The smallest absolute Gasteiger partial charge is 0.0199 e. The van der Waals surface area contributed by atoms with Gasteiger partial charge < -0.3 is 0 Å². The fraction of sp³-hybridized carbons (Fsp3) is 0.857. The highest BCUT2D eigenvalue weighted by Crippen LogP contribution is 2.36. The van der Waals surface area contributed by atoms with E-state index in [9.17, 15) is 0 Å². The lowest BCUT2D eigenvalue weighted by Crippen LogP contribution is -2.38. The monoisotopic (exact) mass is 207 g/mol. The maximum absolute atomic E-state index is 2.68. The van der Waals surface area contributed by atoms with Crippen molar-refractivity contribution in [3.05, 3.63) is 11.6 Å². The SMILES string of the molecule is CC(C)C1C/C(=C/C2CC2)CN1C(C)C. The van der Waals surface area contributed by atoms with Crippen molar-refractivity contribution in [1.82, 2.24) is 4.90 Å². The molecule has 1 heterocycles. The van der Waals surface area contributed by atoms with E-state index in [1.165, 1.54) is 25.8 Å². The van der Waals surface area contributed by atoms with Crippen molar-refractivity contribution >= 4 is 0 Å². The van der Waals surface area contributed by atoms with Crippen LogP contribution in [0.5, 0.6) is 0 Å². The Balaban J connectivity index is 2.04. The van der Waals surface area contributed by atoms with Gasteiger partial charge in [-0.05, 0) is 44.9 Å². The molecule has 2 rings (SSSR count). The van der Waals surface area contributed by atoms with Crippen LogP contribution in [0.2, 0.25) is 0 Å². The van der Waals surface area contributed by atoms with E-state index in [-0.39, 0.29) is 0 Å². The summed E-state index contributed by atoms with van der Waals surface area (Å²) >= 11 is 0. The summed E-state index contributed by atoms with van der Waals surface area (Å²) in [6.07, 6.45) is 6.78. The van der Waals surface area contributed by atoms with Gasteiger partial charge in [0.1, 0.15) is 0 Å². The lowest BCUT2D eigenvalue weighted by molar-refractivity contribution is 0.166. The number of hydrogen-bond donors (Lipinski definition) is 0. The lowest BCUT2D eigenvalue weighted by Gasteiger charge is -2.30. The van der Waals surface area contributed by atoms with Gasteiger partial charge in [-0.3, -0.25) is 4.90 Å². The first-order chi connectivity index (χ1) is 7.08. The van der Waals surface area contributed by atoms with Crippen molar-refractivity contribution in [3.63, 3.8) is 0 Å². The van der Waals surface area contributed by atoms with Gasteiger partial charge in [-0.15, -0.1) is 0 Å². The van der Waals surface area contributed by atoms with E-state index in [1.807, 2.05) is 0 Å². The van der Waals surface area contributed by atoms with Crippen LogP contribution in [0.1, 0.15) is 47.0 Å². The Hall–Kier alpha value is -0.300. The quantitative estimate of drug-likeness (QED) is 0.641. The van der Waals surface area contributed by atoms with Crippen molar-refractivity contribution in [1.29, 1.82) is 0 Å². The third-order valence-corrected chi connectivity index (χ3v) is 3.81. The summed E-state index contributed by atoms with van der Waals surface area (Å²) in [5.74, 6) is 1.73. The normalized spacial score (nSPS) is 31.1. The minimum absolute atomic E-state index is 0.697. The molecule has 0 radical (unpaired) electrons. The van der Waals surface area contributed by atoms with Crippen molar-refractivity contribution in [3.8, 4) is 0 Å². The van der Waals surface area contributed by atoms with E-state index >= 15 is 0 Å². The largest absolute Gasteiger partial charge is 0.293 e. The Labute approximate surface area is 94.5 Å². The van der Waals surface area contributed by atoms with Gasteiger partial charge in [0.05, 0.1) is 0 Å². The van der Waals surface area contributed by atoms with Gasteiger partial charge in [-0.1, -0.05) is 25.5 Å². The Morgan fingerprint density at radius 3 is 2.27 bits per heavy atom. The predicted octanol–water partition coefficient (Wildman–Crippen LogP) is 3.46. The van der Waals surface area contributed by atoms with Gasteiger partial charge >= 0.3 is 0 Å². The van der Waals surface area contributed by atoms with Crippen LogP contribution in [0.4, 0.5) is 0 Å². The molecule has 1 nitrogen and oxygen atoms in total. The van der Waals surface area contributed by atoms with Crippen LogP contribution < -0.4 is 0 Å². The molecule has 0 bridgehead atoms. The van der Waals surface area contributed by atoms with Crippen LogP contribution in [0, 0.1) is 11.8 Å². The van der Waals surface area contributed by atoms with Gasteiger partial charge in [0.15, 0.2) is 0 Å². The topological polar surface area (TPSA) is 3.24 Å². The second-order valence-electron chi connectivity index (χ2n) is 5.94. The average Bonchev–Trinajstić information content (AvgIpc) is 2.81. The molecule has 0 N–H and O–H groups in total. The highest BCUT2D eigenvalue weighted by atomic mass is 15.2. The molecule has 1 aliphatic heterocycles. The third kappa shape index (κ3) is 2.63. The summed E-state index contributed by atoms with van der Waals surface area (Å²) in [6, 6.07) is 1.48. The standard InChI is InChI=1S/C14H25N/c1-10(2)14-8-13(7-12-5-6-12)9-15(14)11(3)4/h7,10-12,14H,5-6,8-9H2,1-4H3/b13-7-. The zero-order valence-corrected chi connectivity index (χ0v) is 10.7. The molecule has 0 spiro atoms. The number of allylic oxidation sites excluding steroid dienone is 1. The zero-order chi connectivity index (χ0) is 11.0. The van der Waals surface area contributed by atoms with Crippen molar-refractivity contribution in [2.24, 2.45) is 11.8 Å². The molecule has 0 aromatic rings. The summed E-state index contributed by atoms with van der Waals surface area (Å²) in [7, 11) is 0. The molecule has 1 saturated heterocycles. The zero-order valence-electron chi connectivity index (χ0n) is 10.7. The summed E-state index contributed by atoms with van der Waals surface area (Å²) in [4.78, 5) is 2.68. The minimum Gasteiger partial charge on any atom is -0.293 e. The van der Waals surface area contributed by atoms with Crippen LogP contribution in [0.25, 0.3) is 0 Å². The van der Waals surface area contributed by atoms with Crippen LogP contribution >= 0.6 is 0 Å². The molecule has 1 unspecified atom stereocenters. The fourth-order valence-electron chi connectivity index (χ4n) is 2.70. The number of hydrogen-bond acceptors (Lipinski definition) is 1. The molecule has 1 heteroatoms. The molecule has 0 aromatic heterocycles. The number of likely N-dealkylation sites (tertiary alicyclic amines) is 1. The maximum Gasteiger partial charge on any atom is 0.0199 e. The Bertz CT molecular complexity index is 230. The minimum atomic E-state index is 0.697. The molecular formula is C14H25N. The third-order valence-electron chi connectivity index (χ3n) is 3.81. The average molecular weight is 207 g/mol. The van der Waals surface area contributed by atoms with Crippen LogP contribution in [-0.4, -0.2) is 23.5 Å². The lowest BCUT2D eigenvalue weighted by atomic mass is 9.99. The number of rotatable bonds is 3. The summed E-state index contributed by atoms with van der Waals surface area (Å²) < 4.78 is 0. The van der Waals surface area contributed by atoms with E-state index in [2.05, 4.69) is 38.7 Å². The van der Waals surface area contributed by atoms with Gasteiger partial charge in [0.2, 0.25) is 0 Å². The van der Waals surface area contributed by atoms with E-state index < -0.39 is 0 Å². The van der Waals surface area contributed by atoms with Crippen molar-refractivity contribution in [2.75, 3.05) is 6.54 Å². The van der Waals surface area contributed by atoms with Gasteiger partial charge in [0, 0.05) is 18.6 Å². The predicted molar refractivity (Wildman–Crippen MR) is 65.9 cm³/mol. The molecule has 0 amide bonds. The highest BCUT2D eigenvalue weighted by Gasteiger charge is 2.32. The second-order valence-corrected chi connectivity index (χ2v) is 5.94. The van der Waals surface area contributed by atoms with E-state index in [1.54, 1.807) is 5.57 Å². The molecular weight excluding hydrogens is 182 g/mol. The Morgan fingerprint density at radius 2 is 1.87 bits per heavy atom. The molecule has 15 heavy (non-hydrogen) atoms. The first-order valence-corrected chi connectivity index (χ1v) is 6.53. The number of nitrogens with zero attached hydrogens (tertiary/aromatic N) is 1. The Morgan fingerprint density at radius 1 is 1.20 bits per heavy atom. The van der Waals surface area contributed by atoms with Gasteiger partial charge in [0.25, 0.3) is 0 Å². The fourth-order valence-corrected chi connectivity index (χ4v) is 2.70. The molecule has 0 aromatic carbocycles. The van der Waals surface area contributed by atoms with E-state index in [0.29, 0.717) is 6.04 Å². The van der Waals surface area contributed by atoms with Crippen molar-refractivity contribution in [2.45, 2.75) is 59.0 Å². The summed E-state index contributed by atoms with van der Waals surface area (Å²) in [5, 5.41) is 0. The summed E-state index contributed by atoms with van der Waals surface area (Å²) in [5.41, 5.74) is 1.71. The highest BCUT2D eigenvalue weighted by molar-refractivity contribution is 5.17. The molecule has 1 atom stereocenters. The molecule has 86 valence electrons. The van der Waals surface area contributed by atoms with E-state index in [4.69, 9.17) is 0 Å². The van der Waals surface area contributed by atoms with Crippen LogP contribution in [0.15, 0.2) is 11.6 Å². The van der Waals surface area contributed by atoms with Crippen LogP contribution in [0.3, 0.4) is 0 Å². The van der Waals surface area contributed by atoms with E-state index in [0.717, 1.165) is 17.9 Å². The van der Waals surface area contributed by atoms with Gasteiger partial charge in [-0.2, -0.15) is 0 Å². The molecule has 2 aliphatic rings. The maximum atomic E-state index is 2.68. The first-order valence-electron chi connectivity index (χ1n) is 6.53. The molecule has 1 saturated carbocycles. The van der Waals surface area contributed by atoms with Crippen LogP contribution in [-0.2, 0) is 0 Å². The summed E-state index contributed by atoms with van der Waals surface area (Å²) in [6.45, 7) is 10.6. The molecule has 1 aliphatic carbocycles. The second kappa shape index (κ2) is 4.29.